The molecule has 26 heavy (non-hydrogen) atoms. The first-order chi connectivity index (χ1) is 12.1. The van der Waals surface area contributed by atoms with E-state index in [4.69, 9.17) is 20.9 Å². The third-order valence-corrected chi connectivity index (χ3v) is 5.33. The molecule has 3 N–H and O–H groups in total. The molecular formula is C16H16F3N3O3S. The molecule has 3 atom stereocenters. The van der Waals surface area contributed by atoms with Crippen molar-refractivity contribution in [1.82, 2.24) is 4.90 Å². The second kappa shape index (κ2) is 7.55. The van der Waals surface area contributed by atoms with Crippen LogP contribution in [0.25, 0.3) is 0 Å². The van der Waals surface area contributed by atoms with Gasteiger partial charge in [0.2, 0.25) is 5.91 Å². The predicted molar refractivity (Wildman–Crippen MR) is 87.9 cm³/mol. The van der Waals surface area contributed by atoms with Crippen LogP contribution in [0.4, 0.5) is 13.2 Å². The van der Waals surface area contributed by atoms with Gasteiger partial charge in [-0.3, -0.25) is 4.79 Å². The number of nitrogens with two attached hydrogens (primary N) is 1. The van der Waals surface area contributed by atoms with E-state index in [9.17, 15) is 18.0 Å². The molecular weight excluding hydrogens is 371 g/mol. The number of carbonyl (C=O) groups excluding carboxylic acids is 1. The van der Waals surface area contributed by atoms with E-state index >= 15 is 0 Å². The number of carboxylic acid groups (broad SMARTS) is 1. The first-order valence-corrected chi connectivity index (χ1v) is 8.60. The van der Waals surface area contributed by atoms with Crippen molar-refractivity contribution in [2.75, 3.05) is 5.75 Å². The van der Waals surface area contributed by atoms with Crippen LogP contribution < -0.4 is 5.73 Å². The summed E-state index contributed by atoms with van der Waals surface area (Å²) in [5.74, 6) is -2.13. The van der Waals surface area contributed by atoms with Gasteiger partial charge in [0, 0.05) is 12.2 Å². The molecule has 0 radical (unpaired) electrons. The highest BCUT2D eigenvalue weighted by Crippen LogP contribution is 2.42. The zero-order valence-corrected chi connectivity index (χ0v) is 14.3. The molecule has 1 aromatic carbocycles. The number of aliphatic carboxylic acids is 1. The first kappa shape index (κ1) is 20.1. The van der Waals surface area contributed by atoms with Crippen LogP contribution >= 0.6 is 11.8 Å². The molecule has 0 aromatic heterocycles. The highest BCUT2D eigenvalue weighted by Gasteiger charge is 2.54. The molecule has 2 heterocycles. The number of hydrogen-bond acceptors (Lipinski definition) is 5. The lowest BCUT2D eigenvalue weighted by Gasteiger charge is -2.24. The molecule has 2 aliphatic rings. The summed E-state index contributed by atoms with van der Waals surface area (Å²) in [6.07, 6.45) is -3.91. The minimum absolute atomic E-state index is 0.0714. The van der Waals surface area contributed by atoms with Gasteiger partial charge in [-0.15, -0.1) is 11.8 Å². The van der Waals surface area contributed by atoms with Crippen molar-refractivity contribution in [2.45, 2.75) is 36.0 Å². The van der Waals surface area contributed by atoms with E-state index in [1.54, 1.807) is 16.7 Å². The molecule has 2 fully saturated rings. The Kier molecular flexibility index (Phi) is 5.83. The first-order valence-electron chi connectivity index (χ1n) is 7.55. The second-order valence-electron chi connectivity index (χ2n) is 5.97. The van der Waals surface area contributed by atoms with Crippen molar-refractivity contribution >= 4 is 23.6 Å². The van der Waals surface area contributed by atoms with Gasteiger partial charge in [0.05, 0.1) is 11.4 Å². The monoisotopic (exact) mass is 387 g/mol. The third-order valence-electron chi connectivity index (χ3n) is 4.05. The molecule has 3 rings (SSSR count). The van der Waals surface area contributed by atoms with E-state index in [1.165, 1.54) is 0 Å². The zero-order valence-electron chi connectivity index (χ0n) is 13.4. The number of nitrogens with zero attached hydrogens (tertiary/aromatic N) is 2. The molecule has 140 valence electrons. The van der Waals surface area contributed by atoms with Crippen molar-refractivity contribution in [3.63, 3.8) is 0 Å². The Morgan fingerprint density at radius 3 is 2.50 bits per heavy atom. The van der Waals surface area contributed by atoms with Crippen molar-refractivity contribution in [1.29, 1.82) is 5.26 Å². The van der Waals surface area contributed by atoms with Gasteiger partial charge < -0.3 is 15.7 Å². The summed E-state index contributed by atoms with van der Waals surface area (Å²) < 4.78 is 31.7. The highest BCUT2D eigenvalue weighted by atomic mass is 32.2. The number of alkyl halides is 3. The molecule has 1 aromatic rings. The summed E-state index contributed by atoms with van der Waals surface area (Å²) in [6.45, 7) is 0. The summed E-state index contributed by atoms with van der Waals surface area (Å²) in [4.78, 5) is 23.1. The van der Waals surface area contributed by atoms with Gasteiger partial charge in [-0.25, -0.2) is 4.79 Å². The van der Waals surface area contributed by atoms with Crippen molar-refractivity contribution in [3.05, 3.63) is 35.9 Å². The maximum Gasteiger partial charge on any atom is 0.490 e. The van der Waals surface area contributed by atoms with E-state index in [0.29, 0.717) is 18.6 Å². The van der Waals surface area contributed by atoms with Crippen LogP contribution in [0.2, 0.25) is 0 Å². The van der Waals surface area contributed by atoms with Crippen LogP contribution in [0.15, 0.2) is 30.3 Å². The number of fused-ring (bicyclic) bond motifs is 1. The Bertz CT molecular complexity index is 723. The van der Waals surface area contributed by atoms with Gasteiger partial charge in [0.25, 0.3) is 0 Å². The lowest BCUT2D eigenvalue weighted by Crippen LogP contribution is -2.51. The molecule has 10 heteroatoms. The summed E-state index contributed by atoms with van der Waals surface area (Å²) in [7, 11) is 0. The fraction of sp³-hybridized carbons (Fsp3) is 0.438. The van der Waals surface area contributed by atoms with Crippen LogP contribution in [0.3, 0.4) is 0 Å². The van der Waals surface area contributed by atoms with E-state index in [-0.39, 0.29) is 17.3 Å². The Morgan fingerprint density at radius 2 is 2.00 bits per heavy atom. The minimum Gasteiger partial charge on any atom is -0.475 e. The minimum atomic E-state index is -5.08. The lowest BCUT2D eigenvalue weighted by atomic mass is 9.90. The topological polar surface area (TPSA) is 107 Å². The molecule has 2 saturated heterocycles. The standard InChI is InChI=1S/C14H15N3OS.C2HF3O2/c15-8-11-9-19-12-7-14(16,13(18)17(11)12)6-10-4-2-1-3-5-10;3-2(4,5)1(6)7/h1-5,11-12H,6-7,9,16H2;(H,6,7)/t11-,12+,14-;/m1./s1. The normalized spacial score (nSPS) is 27.3. The Hall–Kier alpha value is -2.25. The fourth-order valence-corrected chi connectivity index (χ4v) is 4.31. The maximum atomic E-state index is 12.5. The number of halogens is 3. The predicted octanol–water partition coefficient (Wildman–Crippen LogP) is 1.76. The fourth-order valence-electron chi connectivity index (χ4n) is 2.86. The summed E-state index contributed by atoms with van der Waals surface area (Å²) in [5.41, 5.74) is 6.54. The van der Waals surface area contributed by atoms with E-state index in [0.717, 1.165) is 5.56 Å². The number of hydrogen-bond donors (Lipinski definition) is 2. The van der Waals surface area contributed by atoms with Crippen molar-refractivity contribution in [2.24, 2.45) is 5.73 Å². The number of carbonyl (C=O) groups is 2. The molecule has 0 unspecified atom stereocenters. The van der Waals surface area contributed by atoms with Gasteiger partial charge in [0.1, 0.15) is 11.6 Å². The molecule has 0 saturated carbocycles. The largest absolute Gasteiger partial charge is 0.490 e. The smallest absolute Gasteiger partial charge is 0.475 e. The number of thioether (sulfide) groups is 1. The van der Waals surface area contributed by atoms with Crippen molar-refractivity contribution in [3.8, 4) is 6.07 Å². The SMILES string of the molecule is N#C[C@@H]1CS[C@H]2C[C@](N)(Cc3ccccc3)C(=O)N12.O=C(O)C(F)(F)F. The molecule has 6 nitrogen and oxygen atoms in total. The average Bonchev–Trinajstić information content (AvgIpc) is 3.06. The maximum absolute atomic E-state index is 12.5. The molecule has 0 bridgehead atoms. The van der Waals surface area contributed by atoms with Crippen LogP contribution in [0, 0.1) is 11.3 Å². The second-order valence-corrected chi connectivity index (χ2v) is 7.18. The lowest BCUT2D eigenvalue weighted by molar-refractivity contribution is -0.192. The quantitative estimate of drug-likeness (QED) is 0.801. The summed E-state index contributed by atoms with van der Waals surface area (Å²) >= 11 is 1.66. The third kappa shape index (κ3) is 4.28. The van der Waals surface area contributed by atoms with E-state index in [1.807, 2.05) is 30.3 Å². The number of nitriles is 1. The number of benzene rings is 1. The van der Waals surface area contributed by atoms with Crippen molar-refractivity contribution < 1.29 is 27.9 Å². The van der Waals surface area contributed by atoms with E-state index in [2.05, 4.69) is 6.07 Å². The molecule has 2 aliphatic heterocycles. The van der Waals surface area contributed by atoms with Crippen LogP contribution in [0.5, 0.6) is 0 Å². The van der Waals surface area contributed by atoms with Crippen LogP contribution in [-0.4, -0.2) is 50.8 Å². The number of rotatable bonds is 2. The molecule has 0 aliphatic carbocycles. The Morgan fingerprint density at radius 1 is 1.42 bits per heavy atom. The summed E-state index contributed by atoms with van der Waals surface area (Å²) in [5, 5.41) is 16.3. The highest BCUT2D eigenvalue weighted by molar-refractivity contribution is 8.00. The van der Waals surface area contributed by atoms with Gasteiger partial charge in [-0.1, -0.05) is 30.3 Å². The Labute approximate surface area is 151 Å². The van der Waals surface area contributed by atoms with Crippen LogP contribution in [-0.2, 0) is 16.0 Å². The van der Waals surface area contributed by atoms with Gasteiger partial charge >= 0.3 is 12.1 Å². The van der Waals surface area contributed by atoms with E-state index < -0.39 is 17.7 Å². The molecule has 0 spiro atoms. The van der Waals surface area contributed by atoms with Gasteiger partial charge in [0.15, 0.2) is 0 Å². The van der Waals surface area contributed by atoms with Gasteiger partial charge in [-0.2, -0.15) is 18.4 Å². The number of amides is 1. The summed E-state index contributed by atoms with van der Waals surface area (Å²) in [6, 6.07) is 11.7. The van der Waals surface area contributed by atoms with Gasteiger partial charge in [-0.05, 0) is 12.0 Å². The Balaban J connectivity index is 0.000000298. The zero-order chi connectivity index (χ0) is 19.5. The van der Waals surface area contributed by atoms with Crippen LogP contribution in [0.1, 0.15) is 12.0 Å². The average molecular weight is 387 g/mol. The number of carboxylic acids is 1. The molecule has 1 amide bonds.